The SMILES string of the molecule is CCCC1NC(c2ccc(C)cc2)N(C2CCC2)C1=O. The summed E-state index contributed by atoms with van der Waals surface area (Å²) in [6.07, 6.45) is 5.63. The first-order chi connectivity index (χ1) is 9.70. The molecule has 2 unspecified atom stereocenters. The summed E-state index contributed by atoms with van der Waals surface area (Å²) >= 11 is 0. The number of hydrogen-bond acceptors (Lipinski definition) is 2. The first kappa shape index (κ1) is 13.6. The fourth-order valence-electron chi connectivity index (χ4n) is 3.21. The molecule has 3 rings (SSSR count). The van der Waals surface area contributed by atoms with Gasteiger partial charge in [0.25, 0.3) is 0 Å². The second-order valence-electron chi connectivity index (χ2n) is 6.15. The van der Waals surface area contributed by atoms with Crippen LogP contribution >= 0.6 is 0 Å². The minimum atomic E-state index is 0.00639. The van der Waals surface area contributed by atoms with Gasteiger partial charge in [0.1, 0.15) is 6.17 Å². The van der Waals surface area contributed by atoms with Crippen molar-refractivity contribution in [2.75, 3.05) is 0 Å². The normalized spacial score (nSPS) is 26.9. The molecule has 3 heteroatoms. The smallest absolute Gasteiger partial charge is 0.241 e. The van der Waals surface area contributed by atoms with Crippen LogP contribution in [0.3, 0.4) is 0 Å². The van der Waals surface area contributed by atoms with Crippen LogP contribution in [0.5, 0.6) is 0 Å². The van der Waals surface area contributed by atoms with Gasteiger partial charge in [0.05, 0.1) is 6.04 Å². The molecule has 2 fully saturated rings. The third-order valence-electron chi connectivity index (χ3n) is 4.63. The third-order valence-corrected chi connectivity index (χ3v) is 4.63. The number of nitrogens with one attached hydrogen (secondary N) is 1. The predicted molar refractivity (Wildman–Crippen MR) is 80.2 cm³/mol. The quantitative estimate of drug-likeness (QED) is 0.913. The predicted octanol–water partition coefficient (Wildman–Crippen LogP) is 3.15. The van der Waals surface area contributed by atoms with Gasteiger partial charge in [-0.2, -0.15) is 0 Å². The first-order valence-electron chi connectivity index (χ1n) is 7.85. The molecular formula is C17H24N2O. The zero-order chi connectivity index (χ0) is 14.1. The molecule has 1 aromatic carbocycles. The summed E-state index contributed by atoms with van der Waals surface area (Å²) < 4.78 is 0. The summed E-state index contributed by atoms with van der Waals surface area (Å²) in [4.78, 5) is 14.8. The van der Waals surface area contributed by atoms with Gasteiger partial charge in [-0.3, -0.25) is 10.1 Å². The van der Waals surface area contributed by atoms with E-state index in [2.05, 4.69) is 48.3 Å². The van der Waals surface area contributed by atoms with Crippen LogP contribution in [-0.4, -0.2) is 22.9 Å². The van der Waals surface area contributed by atoms with Crippen molar-refractivity contribution in [1.82, 2.24) is 10.2 Å². The summed E-state index contributed by atoms with van der Waals surface area (Å²) in [7, 11) is 0. The average Bonchev–Trinajstić information content (AvgIpc) is 2.68. The number of aryl methyl sites for hydroxylation is 1. The number of carbonyl (C=O) groups excluding carboxylic acids is 1. The highest BCUT2D eigenvalue weighted by Crippen LogP contribution is 2.36. The van der Waals surface area contributed by atoms with Crippen LogP contribution in [0.4, 0.5) is 0 Å². The molecule has 1 saturated heterocycles. The molecule has 1 N–H and O–H groups in total. The van der Waals surface area contributed by atoms with E-state index in [4.69, 9.17) is 0 Å². The Morgan fingerprint density at radius 3 is 2.50 bits per heavy atom. The van der Waals surface area contributed by atoms with Crippen molar-refractivity contribution in [3.8, 4) is 0 Å². The average molecular weight is 272 g/mol. The van der Waals surface area contributed by atoms with E-state index in [9.17, 15) is 4.79 Å². The highest BCUT2D eigenvalue weighted by Gasteiger charge is 2.44. The molecule has 0 aromatic heterocycles. The largest absolute Gasteiger partial charge is 0.319 e. The zero-order valence-corrected chi connectivity index (χ0v) is 12.4. The van der Waals surface area contributed by atoms with Crippen LogP contribution in [0.2, 0.25) is 0 Å². The van der Waals surface area contributed by atoms with Gasteiger partial charge in [-0.05, 0) is 38.2 Å². The molecule has 1 aliphatic heterocycles. The van der Waals surface area contributed by atoms with Crippen molar-refractivity contribution in [2.45, 2.75) is 64.2 Å². The lowest BCUT2D eigenvalue weighted by Gasteiger charge is -2.38. The van der Waals surface area contributed by atoms with E-state index in [1.54, 1.807) is 0 Å². The van der Waals surface area contributed by atoms with Gasteiger partial charge in [-0.1, -0.05) is 43.2 Å². The number of benzene rings is 1. The minimum Gasteiger partial charge on any atom is -0.319 e. The summed E-state index contributed by atoms with van der Waals surface area (Å²) in [6, 6.07) is 9.02. The van der Waals surface area contributed by atoms with Crippen LogP contribution in [0.1, 0.15) is 56.3 Å². The second kappa shape index (κ2) is 5.57. The Kier molecular flexibility index (Phi) is 3.79. The monoisotopic (exact) mass is 272 g/mol. The highest BCUT2D eigenvalue weighted by molar-refractivity contribution is 5.85. The van der Waals surface area contributed by atoms with Gasteiger partial charge in [0, 0.05) is 6.04 Å². The van der Waals surface area contributed by atoms with E-state index in [1.165, 1.54) is 17.5 Å². The first-order valence-corrected chi connectivity index (χ1v) is 7.85. The molecule has 1 saturated carbocycles. The maximum absolute atomic E-state index is 12.6. The molecular weight excluding hydrogens is 248 g/mol. The Hall–Kier alpha value is -1.35. The number of rotatable bonds is 4. The molecule has 20 heavy (non-hydrogen) atoms. The minimum absolute atomic E-state index is 0.00639. The lowest BCUT2D eigenvalue weighted by molar-refractivity contribution is -0.134. The van der Waals surface area contributed by atoms with E-state index >= 15 is 0 Å². The second-order valence-corrected chi connectivity index (χ2v) is 6.15. The maximum atomic E-state index is 12.6. The zero-order valence-electron chi connectivity index (χ0n) is 12.4. The standard InChI is InChI=1S/C17H24N2O/c1-3-5-15-17(20)19(14-6-4-7-14)16(18-15)13-10-8-12(2)9-11-13/h8-11,14-16,18H,3-7H2,1-2H3. The van der Waals surface area contributed by atoms with Crippen molar-refractivity contribution < 1.29 is 4.79 Å². The van der Waals surface area contributed by atoms with Crippen LogP contribution in [0, 0.1) is 6.92 Å². The molecule has 0 bridgehead atoms. The molecule has 1 amide bonds. The molecule has 2 aliphatic rings. The summed E-state index contributed by atoms with van der Waals surface area (Å²) in [6.45, 7) is 4.24. The summed E-state index contributed by atoms with van der Waals surface area (Å²) in [5.41, 5.74) is 2.48. The molecule has 1 aromatic rings. The Bertz CT molecular complexity index is 478. The Morgan fingerprint density at radius 2 is 1.95 bits per heavy atom. The number of nitrogens with zero attached hydrogens (tertiary/aromatic N) is 1. The highest BCUT2D eigenvalue weighted by atomic mass is 16.2. The van der Waals surface area contributed by atoms with E-state index < -0.39 is 0 Å². The fraction of sp³-hybridized carbons (Fsp3) is 0.588. The van der Waals surface area contributed by atoms with Crippen LogP contribution in [0.25, 0.3) is 0 Å². The maximum Gasteiger partial charge on any atom is 0.241 e. The van der Waals surface area contributed by atoms with Crippen molar-refractivity contribution >= 4 is 5.91 Å². The van der Waals surface area contributed by atoms with E-state index in [0.717, 1.165) is 25.7 Å². The van der Waals surface area contributed by atoms with Crippen molar-refractivity contribution in [2.24, 2.45) is 0 Å². The molecule has 3 nitrogen and oxygen atoms in total. The van der Waals surface area contributed by atoms with Crippen LogP contribution in [-0.2, 0) is 4.79 Å². The summed E-state index contributed by atoms with van der Waals surface area (Å²) in [5.74, 6) is 0.308. The van der Waals surface area contributed by atoms with Gasteiger partial charge in [-0.15, -0.1) is 0 Å². The topological polar surface area (TPSA) is 32.3 Å². The van der Waals surface area contributed by atoms with Crippen molar-refractivity contribution in [1.29, 1.82) is 0 Å². The molecule has 1 heterocycles. The number of carbonyl (C=O) groups is 1. The van der Waals surface area contributed by atoms with Crippen molar-refractivity contribution in [3.05, 3.63) is 35.4 Å². The van der Waals surface area contributed by atoms with Gasteiger partial charge in [0.15, 0.2) is 0 Å². The Morgan fingerprint density at radius 1 is 1.25 bits per heavy atom. The Labute approximate surface area is 121 Å². The van der Waals surface area contributed by atoms with E-state index in [-0.39, 0.29) is 12.2 Å². The van der Waals surface area contributed by atoms with Gasteiger partial charge >= 0.3 is 0 Å². The molecule has 0 radical (unpaired) electrons. The van der Waals surface area contributed by atoms with Gasteiger partial charge in [0.2, 0.25) is 5.91 Å². The number of amides is 1. The van der Waals surface area contributed by atoms with Crippen molar-refractivity contribution in [3.63, 3.8) is 0 Å². The molecule has 0 spiro atoms. The summed E-state index contributed by atoms with van der Waals surface area (Å²) in [5, 5.41) is 3.55. The lowest BCUT2D eigenvalue weighted by Crippen LogP contribution is -2.44. The van der Waals surface area contributed by atoms with Crippen LogP contribution < -0.4 is 5.32 Å². The van der Waals surface area contributed by atoms with Gasteiger partial charge in [-0.25, -0.2) is 0 Å². The molecule has 1 aliphatic carbocycles. The molecule has 2 atom stereocenters. The van der Waals surface area contributed by atoms with E-state index in [1.807, 2.05) is 0 Å². The fourth-order valence-corrected chi connectivity index (χ4v) is 3.21. The lowest BCUT2D eigenvalue weighted by atomic mass is 9.90. The third kappa shape index (κ3) is 2.35. The van der Waals surface area contributed by atoms with Gasteiger partial charge < -0.3 is 4.90 Å². The Balaban J connectivity index is 1.86. The van der Waals surface area contributed by atoms with E-state index in [0.29, 0.717) is 11.9 Å². The number of hydrogen-bond donors (Lipinski definition) is 1. The van der Waals surface area contributed by atoms with Crippen LogP contribution in [0.15, 0.2) is 24.3 Å². The molecule has 108 valence electrons.